The number of carbonyl (C=O) groups excluding carboxylic acids is 2. The fourth-order valence-electron chi connectivity index (χ4n) is 1.93. The molecule has 1 rings (SSSR count). The van der Waals surface area contributed by atoms with Gasteiger partial charge in [0, 0.05) is 0 Å². The first kappa shape index (κ1) is 20.5. The maximum absolute atomic E-state index is 12.0. The molecule has 7 nitrogen and oxygen atoms in total. The van der Waals surface area contributed by atoms with E-state index < -0.39 is 30.9 Å². The molecule has 0 aliphatic rings. The van der Waals surface area contributed by atoms with E-state index in [0.717, 1.165) is 5.56 Å². The van der Waals surface area contributed by atoms with Gasteiger partial charge in [-0.3, -0.25) is 0 Å². The molecule has 1 aromatic carbocycles. The summed E-state index contributed by atoms with van der Waals surface area (Å²) >= 11 is 0. The number of hydrogen-bond acceptors (Lipinski definition) is 5. The van der Waals surface area contributed by atoms with Gasteiger partial charge in [-0.2, -0.15) is 0 Å². The van der Waals surface area contributed by atoms with Crippen molar-refractivity contribution in [1.29, 1.82) is 0 Å². The highest BCUT2D eigenvalue weighted by atomic mass is 16.6. The van der Waals surface area contributed by atoms with Crippen LogP contribution in [0.2, 0.25) is 0 Å². The zero-order chi connectivity index (χ0) is 18.9. The summed E-state index contributed by atoms with van der Waals surface area (Å²) in [6.07, 6.45) is 0.738. The Morgan fingerprint density at radius 1 is 1.28 bits per heavy atom. The van der Waals surface area contributed by atoms with Gasteiger partial charge in [0.25, 0.3) is 0 Å². The molecule has 0 aliphatic carbocycles. The second kappa shape index (κ2) is 9.68. The molecule has 0 aromatic heterocycles. The number of aliphatic hydroxyl groups is 1. The van der Waals surface area contributed by atoms with E-state index in [1.807, 2.05) is 57.2 Å². The zero-order valence-corrected chi connectivity index (χ0v) is 14.8. The summed E-state index contributed by atoms with van der Waals surface area (Å²) in [5.74, 6) is 0. The average molecular weight is 350 g/mol. The van der Waals surface area contributed by atoms with E-state index in [4.69, 9.17) is 15.2 Å². The second-order valence-corrected chi connectivity index (χ2v) is 6.61. The Morgan fingerprint density at radius 3 is 2.44 bits per heavy atom. The summed E-state index contributed by atoms with van der Waals surface area (Å²) in [5, 5.41) is 12.0. The minimum Gasteiger partial charge on any atom is -0.445 e. The summed E-state index contributed by atoms with van der Waals surface area (Å²) in [6.45, 7) is 5.51. The largest absolute Gasteiger partial charge is 0.445 e. The number of alkyl carbamates (subject to hydrolysis) is 1. The van der Waals surface area contributed by atoms with E-state index in [-0.39, 0.29) is 12.0 Å². The third-order valence-corrected chi connectivity index (χ3v) is 3.15. The molecule has 0 fully saturated rings. The van der Waals surface area contributed by atoms with E-state index in [9.17, 15) is 14.7 Å². The van der Waals surface area contributed by atoms with E-state index in [0.29, 0.717) is 0 Å². The smallest absolute Gasteiger partial charge is 0.408 e. The molecule has 0 saturated carbocycles. The van der Waals surface area contributed by atoms with Crippen LogP contribution in [0.3, 0.4) is 0 Å². The Bertz CT molecular complexity index is 581. The van der Waals surface area contributed by atoms with E-state index in [1.54, 1.807) is 6.08 Å². The van der Waals surface area contributed by atoms with Crippen molar-refractivity contribution < 1.29 is 24.2 Å². The maximum atomic E-state index is 12.0. The van der Waals surface area contributed by atoms with E-state index in [1.165, 1.54) is 0 Å². The molecular weight excluding hydrogens is 324 g/mol. The van der Waals surface area contributed by atoms with Crippen LogP contribution in [0.25, 0.3) is 0 Å². The van der Waals surface area contributed by atoms with Gasteiger partial charge in [0.15, 0.2) is 6.10 Å². The molecule has 0 spiro atoms. The number of amides is 2. The number of primary amides is 1. The molecule has 4 N–H and O–H groups in total. The van der Waals surface area contributed by atoms with Crippen molar-refractivity contribution in [3.05, 3.63) is 48.0 Å². The van der Waals surface area contributed by atoms with Gasteiger partial charge in [0.2, 0.25) is 0 Å². The summed E-state index contributed by atoms with van der Waals surface area (Å²) in [4.78, 5) is 23.0. The molecule has 138 valence electrons. The third kappa shape index (κ3) is 8.76. The Morgan fingerprint density at radius 2 is 1.92 bits per heavy atom. The fraction of sp³-hybridized carbons (Fsp3) is 0.444. The van der Waals surface area contributed by atoms with Crippen molar-refractivity contribution in [2.24, 2.45) is 11.1 Å². The molecule has 25 heavy (non-hydrogen) atoms. The minimum absolute atomic E-state index is 0.100. The Labute approximate surface area is 147 Å². The lowest BCUT2D eigenvalue weighted by molar-refractivity contribution is 0.0465. The number of nitrogens with one attached hydrogen (secondary N) is 1. The van der Waals surface area contributed by atoms with Crippen molar-refractivity contribution in [2.45, 2.75) is 39.5 Å². The number of aliphatic hydroxyl groups excluding tert-OH is 1. The quantitative estimate of drug-likeness (QED) is 0.654. The molecule has 2 atom stereocenters. The van der Waals surface area contributed by atoms with Crippen LogP contribution in [0.4, 0.5) is 9.59 Å². The molecule has 1 aromatic rings. The highest BCUT2D eigenvalue weighted by Gasteiger charge is 2.25. The van der Waals surface area contributed by atoms with E-state index >= 15 is 0 Å². The normalized spacial score (nSPS) is 13.9. The molecule has 0 unspecified atom stereocenters. The highest BCUT2D eigenvalue weighted by Crippen LogP contribution is 2.16. The van der Waals surface area contributed by atoms with Gasteiger partial charge in [-0.15, -0.1) is 0 Å². The number of rotatable bonds is 7. The summed E-state index contributed by atoms with van der Waals surface area (Å²) in [5.41, 5.74) is 5.69. The number of benzene rings is 1. The molecule has 0 heterocycles. The molecule has 0 radical (unpaired) electrons. The van der Waals surface area contributed by atoms with Crippen molar-refractivity contribution in [1.82, 2.24) is 5.32 Å². The highest BCUT2D eigenvalue weighted by molar-refractivity contribution is 5.68. The standard InChI is InChI=1S/C18H26N2O5/c1-18(2,3)10-9-14(15(11-21)25-16(19)22)20-17(23)24-12-13-7-5-4-6-8-13/h4-10,14-15,21H,11-12H2,1-3H3,(H2,19,22)(H,20,23)/t14-,15+/m1/s1. The Kier molecular flexibility index (Phi) is 7.94. The summed E-state index contributed by atoms with van der Waals surface area (Å²) < 4.78 is 10.0. The van der Waals surface area contributed by atoms with Gasteiger partial charge in [-0.05, 0) is 11.0 Å². The van der Waals surface area contributed by atoms with Gasteiger partial charge in [-0.25, -0.2) is 9.59 Å². The lowest BCUT2D eigenvalue weighted by Crippen LogP contribution is -2.46. The van der Waals surface area contributed by atoms with E-state index in [2.05, 4.69) is 5.32 Å². The number of carbonyl (C=O) groups is 2. The van der Waals surface area contributed by atoms with Crippen LogP contribution in [0.15, 0.2) is 42.5 Å². The number of hydrogen-bond donors (Lipinski definition) is 3. The zero-order valence-electron chi connectivity index (χ0n) is 14.8. The molecule has 2 amide bonds. The van der Waals surface area contributed by atoms with Gasteiger partial charge in [0.05, 0.1) is 12.6 Å². The van der Waals surface area contributed by atoms with Crippen LogP contribution in [0, 0.1) is 5.41 Å². The lowest BCUT2D eigenvalue weighted by Gasteiger charge is -2.24. The van der Waals surface area contributed by atoms with Crippen molar-refractivity contribution >= 4 is 12.2 Å². The number of nitrogens with two attached hydrogens (primary N) is 1. The average Bonchev–Trinajstić information content (AvgIpc) is 2.54. The van der Waals surface area contributed by atoms with Gasteiger partial charge in [0.1, 0.15) is 6.61 Å². The number of ether oxygens (including phenoxy) is 2. The molecule has 0 bridgehead atoms. The fourth-order valence-corrected chi connectivity index (χ4v) is 1.93. The molecule has 0 aliphatic heterocycles. The van der Waals surface area contributed by atoms with Crippen LogP contribution in [-0.4, -0.2) is 36.0 Å². The van der Waals surface area contributed by atoms with Crippen LogP contribution >= 0.6 is 0 Å². The predicted octanol–water partition coefficient (Wildman–Crippen LogP) is 2.34. The first-order valence-corrected chi connectivity index (χ1v) is 7.95. The summed E-state index contributed by atoms with van der Waals surface area (Å²) in [6, 6.07) is 8.43. The van der Waals surface area contributed by atoms with Crippen molar-refractivity contribution in [2.75, 3.05) is 6.61 Å². The predicted molar refractivity (Wildman–Crippen MR) is 93.7 cm³/mol. The van der Waals surface area contributed by atoms with Gasteiger partial charge < -0.3 is 25.6 Å². The van der Waals surface area contributed by atoms with Crippen LogP contribution in [0.1, 0.15) is 26.3 Å². The molecule has 7 heteroatoms. The van der Waals surface area contributed by atoms with Gasteiger partial charge in [-0.1, -0.05) is 63.3 Å². The van der Waals surface area contributed by atoms with Crippen molar-refractivity contribution in [3.8, 4) is 0 Å². The Balaban J connectivity index is 2.75. The lowest BCUT2D eigenvalue weighted by atomic mass is 9.94. The molecule has 0 saturated heterocycles. The Hall–Kier alpha value is -2.54. The summed E-state index contributed by atoms with van der Waals surface area (Å²) in [7, 11) is 0. The van der Waals surface area contributed by atoms with Crippen LogP contribution < -0.4 is 11.1 Å². The topological polar surface area (TPSA) is 111 Å². The first-order valence-electron chi connectivity index (χ1n) is 7.95. The van der Waals surface area contributed by atoms with Crippen molar-refractivity contribution in [3.63, 3.8) is 0 Å². The third-order valence-electron chi connectivity index (χ3n) is 3.15. The monoisotopic (exact) mass is 350 g/mol. The SMILES string of the molecule is CC(C)(C)C=C[C@@H](NC(=O)OCc1ccccc1)[C@H](CO)OC(N)=O. The van der Waals surface area contributed by atoms with Crippen LogP contribution in [-0.2, 0) is 16.1 Å². The van der Waals surface area contributed by atoms with Crippen LogP contribution in [0.5, 0.6) is 0 Å². The minimum atomic E-state index is -1.03. The van der Waals surface area contributed by atoms with Gasteiger partial charge >= 0.3 is 12.2 Å². The molecular formula is C18H26N2O5. The maximum Gasteiger partial charge on any atom is 0.408 e. The number of allylic oxidation sites excluding steroid dienone is 1. The first-order chi connectivity index (χ1) is 11.7. The second-order valence-electron chi connectivity index (χ2n) is 6.61.